The van der Waals surface area contributed by atoms with Crippen molar-refractivity contribution in [2.24, 2.45) is 0 Å². The lowest BCUT2D eigenvalue weighted by Crippen LogP contribution is -2.28. The van der Waals surface area contributed by atoms with E-state index in [4.69, 9.17) is 0 Å². The molecule has 4 rings (SSSR count). The van der Waals surface area contributed by atoms with Gasteiger partial charge in [-0.3, -0.25) is 14.2 Å². The molecule has 1 amide bonds. The van der Waals surface area contributed by atoms with Crippen molar-refractivity contribution in [2.45, 2.75) is 25.4 Å². The topological polar surface area (TPSA) is 64.0 Å². The molecule has 0 aliphatic carbocycles. The van der Waals surface area contributed by atoms with Gasteiger partial charge in [0, 0.05) is 6.54 Å². The molecular weight excluding hydrogens is 437 g/mol. The molecule has 0 unspecified atom stereocenters. The van der Waals surface area contributed by atoms with Gasteiger partial charge in [-0.2, -0.15) is 0 Å². The van der Waals surface area contributed by atoms with Gasteiger partial charge >= 0.3 is 0 Å². The average Bonchev–Trinajstić information content (AvgIpc) is 2.81. The van der Waals surface area contributed by atoms with Gasteiger partial charge in [0.2, 0.25) is 5.91 Å². The van der Waals surface area contributed by atoms with Crippen molar-refractivity contribution >= 4 is 28.6 Å². The normalized spacial score (nSPS) is 11.0. The second-order valence-corrected chi connectivity index (χ2v) is 8.78. The lowest BCUT2D eigenvalue weighted by molar-refractivity contribution is -0.118. The zero-order valence-electron chi connectivity index (χ0n) is 18.5. The zero-order chi connectivity index (χ0) is 23.4. The number of aryl methyl sites for hydroxylation is 2. The minimum Gasteiger partial charge on any atom is -0.355 e. The number of aromatic nitrogens is 2. The Morgan fingerprint density at radius 3 is 2.55 bits per heavy atom. The van der Waals surface area contributed by atoms with E-state index in [0.29, 0.717) is 29.0 Å². The van der Waals surface area contributed by atoms with Crippen molar-refractivity contribution in [3.63, 3.8) is 0 Å². The van der Waals surface area contributed by atoms with Crippen molar-refractivity contribution in [1.82, 2.24) is 14.9 Å². The first-order valence-electron chi connectivity index (χ1n) is 10.7. The highest BCUT2D eigenvalue weighted by molar-refractivity contribution is 7.99. The minimum atomic E-state index is -0.281. The number of halogens is 1. The van der Waals surface area contributed by atoms with Crippen molar-refractivity contribution in [3.05, 3.63) is 99.6 Å². The fraction of sp³-hybridized carbons (Fsp3) is 0.192. The third-order valence-electron chi connectivity index (χ3n) is 5.48. The van der Waals surface area contributed by atoms with E-state index in [1.54, 1.807) is 28.8 Å². The molecule has 0 fully saturated rings. The number of hydrogen-bond donors (Lipinski definition) is 1. The van der Waals surface area contributed by atoms with Gasteiger partial charge in [-0.15, -0.1) is 0 Å². The Morgan fingerprint density at radius 1 is 1.03 bits per heavy atom. The van der Waals surface area contributed by atoms with Crippen LogP contribution in [0.2, 0.25) is 0 Å². The molecule has 168 valence electrons. The molecule has 1 N–H and O–H groups in total. The molecule has 33 heavy (non-hydrogen) atoms. The predicted molar refractivity (Wildman–Crippen MR) is 131 cm³/mol. The van der Waals surface area contributed by atoms with Crippen LogP contribution in [0.4, 0.5) is 4.39 Å². The zero-order valence-corrected chi connectivity index (χ0v) is 19.3. The maximum Gasteiger partial charge on any atom is 0.266 e. The van der Waals surface area contributed by atoms with Crippen LogP contribution in [0.25, 0.3) is 16.6 Å². The molecule has 7 heteroatoms. The van der Waals surface area contributed by atoms with Gasteiger partial charge in [-0.25, -0.2) is 9.37 Å². The second-order valence-electron chi connectivity index (χ2n) is 7.84. The maximum atomic E-state index is 13.3. The highest BCUT2D eigenvalue weighted by atomic mass is 32.2. The van der Waals surface area contributed by atoms with Gasteiger partial charge in [-0.1, -0.05) is 42.1 Å². The van der Waals surface area contributed by atoms with Crippen LogP contribution < -0.4 is 10.9 Å². The van der Waals surface area contributed by atoms with Gasteiger partial charge in [0.25, 0.3) is 5.56 Å². The number of amides is 1. The number of fused-ring (bicyclic) bond motifs is 1. The van der Waals surface area contributed by atoms with Gasteiger partial charge in [0.1, 0.15) is 5.82 Å². The molecule has 0 saturated carbocycles. The molecule has 0 atom stereocenters. The number of rotatable bonds is 7. The summed E-state index contributed by atoms with van der Waals surface area (Å²) in [6, 6.07) is 19.3. The SMILES string of the molecule is Cc1ccc(-n2c(SCC(=O)NCCc3ccc(F)cc3)nc3ccccc3c2=O)cc1C. The number of carbonyl (C=O) groups excluding carboxylic acids is 1. The summed E-state index contributed by atoms with van der Waals surface area (Å²) in [5, 5.41) is 3.87. The largest absolute Gasteiger partial charge is 0.355 e. The van der Waals surface area contributed by atoms with Crippen LogP contribution in [-0.2, 0) is 11.2 Å². The molecule has 0 spiro atoms. The lowest BCUT2D eigenvalue weighted by atomic mass is 10.1. The molecule has 0 bridgehead atoms. The van der Waals surface area contributed by atoms with Crippen molar-refractivity contribution < 1.29 is 9.18 Å². The summed E-state index contributed by atoms with van der Waals surface area (Å²) in [5.74, 6) is -0.313. The number of thioether (sulfide) groups is 1. The first kappa shape index (κ1) is 22.7. The standard InChI is InChI=1S/C26H24FN3O2S/c1-17-7-12-21(15-18(17)2)30-25(32)22-5-3-4-6-23(22)29-26(30)33-16-24(31)28-14-13-19-8-10-20(27)11-9-19/h3-12,15H,13-14,16H2,1-2H3,(H,28,31). The molecule has 5 nitrogen and oxygen atoms in total. The van der Waals surface area contributed by atoms with E-state index < -0.39 is 0 Å². The Morgan fingerprint density at radius 2 is 1.79 bits per heavy atom. The molecular formula is C26H24FN3O2S. The Kier molecular flexibility index (Phi) is 6.89. The van der Waals surface area contributed by atoms with E-state index in [2.05, 4.69) is 10.3 Å². The Bertz CT molecular complexity index is 1370. The number of nitrogens with one attached hydrogen (secondary N) is 1. The van der Waals surface area contributed by atoms with Crippen LogP contribution in [-0.4, -0.2) is 27.8 Å². The van der Waals surface area contributed by atoms with Gasteiger partial charge in [0.05, 0.1) is 22.3 Å². The van der Waals surface area contributed by atoms with Crippen LogP contribution in [0.5, 0.6) is 0 Å². The Hall–Kier alpha value is -3.45. The number of nitrogens with zero attached hydrogens (tertiary/aromatic N) is 2. The molecule has 1 aromatic heterocycles. The summed E-state index contributed by atoms with van der Waals surface area (Å²) in [6.45, 7) is 4.46. The molecule has 0 saturated heterocycles. The predicted octanol–water partition coefficient (Wildman–Crippen LogP) is 4.59. The third-order valence-corrected chi connectivity index (χ3v) is 6.41. The van der Waals surface area contributed by atoms with Crippen molar-refractivity contribution in [2.75, 3.05) is 12.3 Å². The van der Waals surface area contributed by atoms with Crippen LogP contribution in [0.1, 0.15) is 16.7 Å². The van der Waals surface area contributed by atoms with Crippen LogP contribution in [0.3, 0.4) is 0 Å². The van der Waals surface area contributed by atoms with Crippen molar-refractivity contribution in [3.8, 4) is 5.69 Å². The summed E-state index contributed by atoms with van der Waals surface area (Å²) in [5.41, 5.74) is 4.31. The highest BCUT2D eigenvalue weighted by Crippen LogP contribution is 2.22. The van der Waals surface area contributed by atoms with Gasteiger partial charge < -0.3 is 5.32 Å². The monoisotopic (exact) mass is 461 g/mol. The van der Waals surface area contributed by atoms with E-state index in [9.17, 15) is 14.0 Å². The van der Waals surface area contributed by atoms with Crippen molar-refractivity contribution in [1.29, 1.82) is 0 Å². The molecule has 4 aromatic rings. The first-order chi connectivity index (χ1) is 15.9. The Balaban J connectivity index is 1.53. The summed E-state index contributed by atoms with van der Waals surface area (Å²) < 4.78 is 14.6. The smallest absolute Gasteiger partial charge is 0.266 e. The van der Waals surface area contributed by atoms with E-state index in [1.807, 2.05) is 44.2 Å². The first-order valence-corrected chi connectivity index (χ1v) is 11.6. The Labute approximate surface area is 195 Å². The fourth-order valence-electron chi connectivity index (χ4n) is 3.48. The van der Waals surface area contributed by atoms with Crippen LogP contribution in [0, 0.1) is 19.7 Å². The molecule has 0 radical (unpaired) electrons. The number of hydrogen-bond acceptors (Lipinski definition) is 4. The summed E-state index contributed by atoms with van der Waals surface area (Å²) in [7, 11) is 0. The second kappa shape index (κ2) is 10.0. The van der Waals surface area contributed by atoms with Crippen LogP contribution >= 0.6 is 11.8 Å². The maximum absolute atomic E-state index is 13.3. The summed E-state index contributed by atoms with van der Waals surface area (Å²) in [6.07, 6.45) is 0.609. The third kappa shape index (κ3) is 5.31. The van der Waals surface area contributed by atoms with Crippen LogP contribution in [0.15, 0.2) is 76.7 Å². The van der Waals surface area contributed by atoms with E-state index in [1.165, 1.54) is 23.9 Å². The van der Waals surface area contributed by atoms with E-state index in [0.717, 1.165) is 22.4 Å². The fourth-order valence-corrected chi connectivity index (χ4v) is 4.32. The molecule has 0 aliphatic heterocycles. The molecule has 0 aliphatic rings. The number of para-hydroxylation sites is 1. The minimum absolute atomic E-state index is 0.124. The van der Waals surface area contributed by atoms with Gasteiger partial charge in [0.15, 0.2) is 5.16 Å². The lowest BCUT2D eigenvalue weighted by Gasteiger charge is -2.14. The highest BCUT2D eigenvalue weighted by Gasteiger charge is 2.15. The summed E-state index contributed by atoms with van der Waals surface area (Å²) in [4.78, 5) is 30.5. The average molecular weight is 462 g/mol. The van der Waals surface area contributed by atoms with E-state index >= 15 is 0 Å². The van der Waals surface area contributed by atoms with Gasteiger partial charge in [-0.05, 0) is 73.4 Å². The molecule has 1 heterocycles. The quantitative estimate of drug-likeness (QED) is 0.323. The van der Waals surface area contributed by atoms with E-state index in [-0.39, 0.29) is 23.0 Å². The molecule has 3 aromatic carbocycles. The number of carbonyl (C=O) groups is 1. The number of benzene rings is 3. The summed E-state index contributed by atoms with van der Waals surface area (Å²) >= 11 is 1.23.